The van der Waals surface area contributed by atoms with Gasteiger partial charge in [-0.05, 0) is 74.2 Å². The molecule has 0 amide bonds. The molecular weight excluding hydrogens is 246 g/mol. The number of fused-ring (bicyclic) bond motifs is 1. The molecule has 2 aliphatic carbocycles. The lowest BCUT2D eigenvalue weighted by Crippen LogP contribution is -2.41. The van der Waals surface area contributed by atoms with Crippen LogP contribution in [0.15, 0.2) is 18.2 Å². The average molecular weight is 273 g/mol. The summed E-state index contributed by atoms with van der Waals surface area (Å²) in [7, 11) is 1.76. The van der Waals surface area contributed by atoms with Crippen molar-refractivity contribution in [2.75, 3.05) is 20.2 Å². The maximum atomic E-state index is 5.34. The number of rotatable bonds is 6. The molecule has 0 bridgehead atoms. The van der Waals surface area contributed by atoms with Crippen molar-refractivity contribution in [3.63, 3.8) is 0 Å². The lowest BCUT2D eigenvalue weighted by molar-refractivity contribution is 0.172. The van der Waals surface area contributed by atoms with E-state index in [4.69, 9.17) is 4.74 Å². The summed E-state index contributed by atoms with van der Waals surface area (Å²) >= 11 is 0. The summed E-state index contributed by atoms with van der Waals surface area (Å²) < 4.78 is 5.34. The summed E-state index contributed by atoms with van der Waals surface area (Å²) in [6, 6.07) is 7.39. The van der Waals surface area contributed by atoms with Crippen LogP contribution in [0.3, 0.4) is 0 Å². The monoisotopic (exact) mass is 273 g/mol. The van der Waals surface area contributed by atoms with Crippen LogP contribution < -0.4 is 4.74 Å². The molecule has 0 heterocycles. The second-order valence-electron chi connectivity index (χ2n) is 6.47. The number of aryl methyl sites for hydroxylation is 1. The van der Waals surface area contributed by atoms with Gasteiger partial charge < -0.3 is 4.74 Å². The minimum Gasteiger partial charge on any atom is -0.497 e. The highest BCUT2D eigenvalue weighted by Crippen LogP contribution is 2.33. The number of nitrogens with zero attached hydrogens (tertiary/aromatic N) is 1. The highest BCUT2D eigenvalue weighted by Gasteiger charge is 2.29. The Bertz CT molecular complexity index is 453. The van der Waals surface area contributed by atoms with Crippen LogP contribution in [0.25, 0.3) is 0 Å². The zero-order chi connectivity index (χ0) is 13.9. The molecule has 1 saturated carbocycles. The molecule has 1 atom stereocenters. The minimum atomic E-state index is 0.761. The van der Waals surface area contributed by atoms with Crippen LogP contribution >= 0.6 is 0 Å². The van der Waals surface area contributed by atoms with Crippen LogP contribution in [0.2, 0.25) is 0 Å². The van der Waals surface area contributed by atoms with Crippen LogP contribution in [0, 0.1) is 5.92 Å². The average Bonchev–Trinajstić information content (AvgIpc) is 3.30. The van der Waals surface area contributed by atoms with Crippen molar-refractivity contribution in [3.05, 3.63) is 29.3 Å². The van der Waals surface area contributed by atoms with E-state index in [1.54, 1.807) is 12.7 Å². The number of hydrogen-bond acceptors (Lipinski definition) is 2. The standard InChI is InChI=1S/C18H27NO/c1-3-10-19(13-14-4-5-14)17-8-6-16-12-18(20-2)9-7-15(16)11-17/h7,9,12,14,17H,3-6,8,10-11,13H2,1-2H3. The molecule has 2 aliphatic rings. The fourth-order valence-corrected chi connectivity index (χ4v) is 3.49. The third kappa shape index (κ3) is 3.17. The number of ether oxygens (including phenoxy) is 1. The minimum absolute atomic E-state index is 0.761. The molecule has 0 N–H and O–H groups in total. The quantitative estimate of drug-likeness (QED) is 0.784. The Kier molecular flexibility index (Phi) is 4.30. The first-order chi connectivity index (χ1) is 9.80. The fourth-order valence-electron chi connectivity index (χ4n) is 3.49. The highest BCUT2D eigenvalue weighted by atomic mass is 16.5. The summed E-state index contributed by atoms with van der Waals surface area (Å²) in [6.07, 6.45) is 7.95. The second-order valence-corrected chi connectivity index (χ2v) is 6.47. The second kappa shape index (κ2) is 6.17. The zero-order valence-electron chi connectivity index (χ0n) is 12.9. The highest BCUT2D eigenvalue weighted by molar-refractivity contribution is 5.37. The van der Waals surface area contributed by atoms with Crippen molar-refractivity contribution >= 4 is 0 Å². The van der Waals surface area contributed by atoms with Crippen LogP contribution in [0.5, 0.6) is 5.75 Å². The van der Waals surface area contributed by atoms with E-state index in [9.17, 15) is 0 Å². The van der Waals surface area contributed by atoms with E-state index in [0.29, 0.717) is 0 Å². The summed E-state index contributed by atoms with van der Waals surface area (Å²) in [5, 5.41) is 0. The van der Waals surface area contributed by atoms with Gasteiger partial charge in [0.1, 0.15) is 5.75 Å². The Hall–Kier alpha value is -1.02. The smallest absolute Gasteiger partial charge is 0.119 e. The topological polar surface area (TPSA) is 12.5 Å². The van der Waals surface area contributed by atoms with E-state index >= 15 is 0 Å². The Morgan fingerprint density at radius 1 is 1.20 bits per heavy atom. The van der Waals surface area contributed by atoms with Crippen molar-refractivity contribution in [1.29, 1.82) is 0 Å². The summed E-state index contributed by atoms with van der Waals surface area (Å²) in [5.41, 5.74) is 3.04. The molecule has 0 aromatic heterocycles. The maximum Gasteiger partial charge on any atom is 0.119 e. The van der Waals surface area contributed by atoms with Gasteiger partial charge in [0.05, 0.1) is 7.11 Å². The molecule has 1 aromatic rings. The Morgan fingerprint density at radius 2 is 2.05 bits per heavy atom. The normalized spacial score (nSPS) is 21.9. The molecule has 0 saturated heterocycles. The number of methoxy groups -OCH3 is 1. The zero-order valence-corrected chi connectivity index (χ0v) is 12.9. The molecule has 0 spiro atoms. The molecule has 1 fully saturated rings. The molecular formula is C18H27NO. The molecule has 1 unspecified atom stereocenters. The Morgan fingerprint density at radius 3 is 2.75 bits per heavy atom. The Labute approximate surface area is 123 Å². The molecule has 0 radical (unpaired) electrons. The van der Waals surface area contributed by atoms with Gasteiger partial charge in [0.2, 0.25) is 0 Å². The summed E-state index contributed by atoms with van der Waals surface area (Å²) in [4.78, 5) is 2.77. The molecule has 2 heteroatoms. The van der Waals surface area contributed by atoms with Gasteiger partial charge in [-0.3, -0.25) is 4.90 Å². The number of hydrogen-bond donors (Lipinski definition) is 0. The first-order valence-electron chi connectivity index (χ1n) is 8.20. The van der Waals surface area contributed by atoms with Crippen molar-refractivity contribution in [2.24, 2.45) is 5.92 Å². The third-order valence-corrected chi connectivity index (χ3v) is 4.83. The molecule has 0 aliphatic heterocycles. The third-order valence-electron chi connectivity index (χ3n) is 4.83. The van der Waals surface area contributed by atoms with E-state index in [0.717, 1.165) is 17.7 Å². The van der Waals surface area contributed by atoms with E-state index in [2.05, 4.69) is 30.0 Å². The molecule has 2 nitrogen and oxygen atoms in total. The van der Waals surface area contributed by atoms with Gasteiger partial charge in [-0.25, -0.2) is 0 Å². The molecule has 110 valence electrons. The van der Waals surface area contributed by atoms with E-state index < -0.39 is 0 Å². The number of benzene rings is 1. The van der Waals surface area contributed by atoms with Crippen LogP contribution in [-0.4, -0.2) is 31.1 Å². The van der Waals surface area contributed by atoms with E-state index in [1.807, 2.05) is 0 Å². The van der Waals surface area contributed by atoms with Crippen LogP contribution in [0.1, 0.15) is 43.7 Å². The summed E-state index contributed by atoms with van der Waals surface area (Å²) in [6.45, 7) is 4.91. The molecule has 3 rings (SSSR count). The van der Waals surface area contributed by atoms with Gasteiger partial charge in [-0.1, -0.05) is 13.0 Å². The van der Waals surface area contributed by atoms with Crippen molar-refractivity contribution < 1.29 is 4.74 Å². The predicted molar refractivity (Wildman–Crippen MR) is 83.4 cm³/mol. The fraction of sp³-hybridized carbons (Fsp3) is 0.667. The lowest BCUT2D eigenvalue weighted by atomic mass is 9.87. The SMILES string of the molecule is CCCN(CC1CC1)C1CCc2cc(OC)ccc2C1. The van der Waals surface area contributed by atoms with E-state index in [-0.39, 0.29) is 0 Å². The first-order valence-corrected chi connectivity index (χ1v) is 8.20. The lowest BCUT2D eigenvalue weighted by Gasteiger charge is -2.35. The maximum absolute atomic E-state index is 5.34. The van der Waals surface area contributed by atoms with Gasteiger partial charge in [-0.15, -0.1) is 0 Å². The van der Waals surface area contributed by atoms with Crippen molar-refractivity contribution in [2.45, 2.75) is 51.5 Å². The van der Waals surface area contributed by atoms with Crippen molar-refractivity contribution in [3.8, 4) is 5.75 Å². The first kappa shape index (κ1) is 13.9. The van der Waals surface area contributed by atoms with Crippen LogP contribution in [0.4, 0.5) is 0 Å². The van der Waals surface area contributed by atoms with Gasteiger partial charge in [0, 0.05) is 12.6 Å². The predicted octanol–water partition coefficient (Wildman–Crippen LogP) is 3.67. The van der Waals surface area contributed by atoms with Gasteiger partial charge >= 0.3 is 0 Å². The van der Waals surface area contributed by atoms with Gasteiger partial charge in [0.15, 0.2) is 0 Å². The van der Waals surface area contributed by atoms with Gasteiger partial charge in [-0.2, -0.15) is 0 Å². The summed E-state index contributed by atoms with van der Waals surface area (Å²) in [5.74, 6) is 2.00. The van der Waals surface area contributed by atoms with E-state index in [1.165, 1.54) is 57.2 Å². The van der Waals surface area contributed by atoms with Crippen molar-refractivity contribution in [1.82, 2.24) is 4.90 Å². The van der Waals surface area contributed by atoms with Crippen LogP contribution in [-0.2, 0) is 12.8 Å². The largest absolute Gasteiger partial charge is 0.497 e. The van der Waals surface area contributed by atoms with Gasteiger partial charge in [0.25, 0.3) is 0 Å². The molecule has 1 aromatic carbocycles. The Balaban J connectivity index is 1.69. The molecule has 20 heavy (non-hydrogen) atoms.